The van der Waals surface area contributed by atoms with Crippen LogP contribution in [0.5, 0.6) is 0 Å². The number of methoxy groups -OCH3 is 1. The number of aryl methyl sites for hydroxylation is 2. The van der Waals surface area contributed by atoms with E-state index in [1.165, 1.54) is 7.11 Å². The molecule has 1 aromatic heterocycles. The van der Waals surface area contributed by atoms with Gasteiger partial charge in [-0.05, 0) is 26.8 Å². The molecule has 0 radical (unpaired) electrons. The zero-order chi connectivity index (χ0) is 12.0. The summed E-state index contributed by atoms with van der Waals surface area (Å²) < 4.78 is 9.59. The summed E-state index contributed by atoms with van der Waals surface area (Å²) in [6, 6.07) is 0. The number of nitrogens with zero attached hydrogens (tertiary/aromatic N) is 1. The normalized spacial score (nSPS) is 10.4. The molecule has 0 amide bonds. The van der Waals surface area contributed by atoms with Crippen molar-refractivity contribution in [2.75, 3.05) is 13.7 Å². The molecule has 90 valence electrons. The maximum absolute atomic E-state index is 10.8. The second-order valence-electron chi connectivity index (χ2n) is 3.66. The van der Waals surface area contributed by atoms with Crippen molar-refractivity contribution >= 4 is 5.97 Å². The van der Waals surface area contributed by atoms with Gasteiger partial charge in [0.05, 0.1) is 12.8 Å². The zero-order valence-electron chi connectivity index (χ0n) is 10.0. The molecule has 0 aliphatic rings. The minimum atomic E-state index is -0.167. The summed E-state index contributed by atoms with van der Waals surface area (Å²) in [6.07, 6.45) is 1.22. The van der Waals surface area contributed by atoms with Gasteiger partial charge in [0, 0.05) is 18.5 Å². The Kier molecular flexibility index (Phi) is 4.98. The Hall–Kier alpha value is -1.36. The second kappa shape index (κ2) is 6.27. The maximum Gasteiger partial charge on any atom is 0.305 e. The minimum absolute atomic E-state index is 0.167. The average molecular weight is 226 g/mol. The number of carbonyl (C=O) groups is 1. The fraction of sp³-hybridized carbons (Fsp3) is 0.636. The van der Waals surface area contributed by atoms with Crippen LogP contribution in [0.1, 0.15) is 29.9 Å². The number of ether oxygens (including phenoxy) is 1. The summed E-state index contributed by atoms with van der Waals surface area (Å²) >= 11 is 0. The largest absolute Gasteiger partial charge is 0.469 e. The van der Waals surface area contributed by atoms with Gasteiger partial charge in [0.15, 0.2) is 0 Å². The average Bonchev–Trinajstić information content (AvgIpc) is 2.59. The fourth-order valence-corrected chi connectivity index (χ4v) is 1.43. The van der Waals surface area contributed by atoms with E-state index in [1.807, 2.05) is 13.8 Å². The number of hydrogen-bond acceptors (Lipinski definition) is 5. The molecular formula is C11H18N2O3. The van der Waals surface area contributed by atoms with Crippen LogP contribution in [0, 0.1) is 13.8 Å². The third kappa shape index (κ3) is 3.66. The van der Waals surface area contributed by atoms with Crippen molar-refractivity contribution in [3.8, 4) is 0 Å². The monoisotopic (exact) mass is 226 g/mol. The third-order valence-electron chi connectivity index (χ3n) is 2.45. The first-order valence-electron chi connectivity index (χ1n) is 5.34. The predicted molar refractivity (Wildman–Crippen MR) is 58.9 cm³/mol. The van der Waals surface area contributed by atoms with Crippen molar-refractivity contribution < 1.29 is 14.1 Å². The molecule has 0 saturated heterocycles. The molecule has 16 heavy (non-hydrogen) atoms. The lowest BCUT2D eigenvalue weighted by atomic mass is 10.2. The lowest BCUT2D eigenvalue weighted by Crippen LogP contribution is -2.16. The van der Waals surface area contributed by atoms with E-state index in [9.17, 15) is 4.79 Å². The Morgan fingerprint density at radius 1 is 1.50 bits per heavy atom. The molecule has 0 atom stereocenters. The van der Waals surface area contributed by atoms with Crippen molar-refractivity contribution in [2.45, 2.75) is 33.2 Å². The van der Waals surface area contributed by atoms with E-state index >= 15 is 0 Å². The lowest BCUT2D eigenvalue weighted by Gasteiger charge is -2.03. The summed E-state index contributed by atoms with van der Waals surface area (Å²) in [6.45, 7) is 5.31. The number of hydrogen-bond donors (Lipinski definition) is 1. The molecule has 5 nitrogen and oxygen atoms in total. The molecule has 0 fully saturated rings. The van der Waals surface area contributed by atoms with Crippen LogP contribution in [0.3, 0.4) is 0 Å². The number of carbonyl (C=O) groups excluding carboxylic acids is 1. The van der Waals surface area contributed by atoms with E-state index in [1.54, 1.807) is 0 Å². The summed E-state index contributed by atoms with van der Waals surface area (Å²) in [5, 5.41) is 7.11. The van der Waals surface area contributed by atoms with Crippen molar-refractivity contribution in [3.63, 3.8) is 0 Å². The van der Waals surface area contributed by atoms with Crippen LogP contribution in [-0.2, 0) is 16.1 Å². The number of esters is 1. The van der Waals surface area contributed by atoms with Crippen LogP contribution in [0.4, 0.5) is 0 Å². The van der Waals surface area contributed by atoms with E-state index < -0.39 is 0 Å². The molecule has 0 saturated carbocycles. The van der Waals surface area contributed by atoms with Gasteiger partial charge in [-0.25, -0.2) is 0 Å². The van der Waals surface area contributed by atoms with Gasteiger partial charge >= 0.3 is 5.97 Å². The van der Waals surface area contributed by atoms with Gasteiger partial charge in [-0.1, -0.05) is 5.16 Å². The highest BCUT2D eigenvalue weighted by Gasteiger charge is 2.07. The predicted octanol–water partition coefficient (Wildman–Crippen LogP) is 1.33. The first-order valence-corrected chi connectivity index (χ1v) is 5.34. The lowest BCUT2D eigenvalue weighted by molar-refractivity contribution is -0.140. The topological polar surface area (TPSA) is 64.4 Å². The highest BCUT2D eigenvalue weighted by molar-refractivity contribution is 5.69. The summed E-state index contributed by atoms with van der Waals surface area (Å²) in [7, 11) is 1.40. The van der Waals surface area contributed by atoms with Gasteiger partial charge in [-0.2, -0.15) is 0 Å². The second-order valence-corrected chi connectivity index (χ2v) is 3.66. The Labute approximate surface area is 95.1 Å². The van der Waals surface area contributed by atoms with Crippen LogP contribution in [0.2, 0.25) is 0 Å². The Bertz CT molecular complexity index is 327. The summed E-state index contributed by atoms with van der Waals surface area (Å²) in [5.41, 5.74) is 2.01. The number of aromatic nitrogens is 1. The van der Waals surface area contributed by atoms with Crippen molar-refractivity contribution in [2.24, 2.45) is 0 Å². The van der Waals surface area contributed by atoms with Gasteiger partial charge in [-0.15, -0.1) is 0 Å². The molecule has 1 aromatic rings. The number of nitrogens with one attached hydrogen (secondary N) is 1. The Morgan fingerprint density at radius 3 is 2.81 bits per heavy atom. The van der Waals surface area contributed by atoms with E-state index in [-0.39, 0.29) is 5.97 Å². The first kappa shape index (κ1) is 12.7. The van der Waals surface area contributed by atoms with Crippen LogP contribution < -0.4 is 5.32 Å². The third-order valence-corrected chi connectivity index (χ3v) is 2.45. The van der Waals surface area contributed by atoms with E-state index in [4.69, 9.17) is 4.52 Å². The van der Waals surface area contributed by atoms with Crippen LogP contribution in [-0.4, -0.2) is 24.8 Å². The molecule has 0 spiro atoms. The Balaban J connectivity index is 2.19. The van der Waals surface area contributed by atoms with E-state index in [0.29, 0.717) is 6.42 Å². The molecule has 0 aliphatic heterocycles. The van der Waals surface area contributed by atoms with E-state index in [0.717, 1.165) is 36.5 Å². The van der Waals surface area contributed by atoms with Crippen molar-refractivity contribution in [1.82, 2.24) is 10.5 Å². The summed E-state index contributed by atoms with van der Waals surface area (Å²) in [5.74, 6) is 0.678. The SMILES string of the molecule is COC(=O)CCCNCc1c(C)noc1C. The molecular weight excluding hydrogens is 208 g/mol. The Morgan fingerprint density at radius 2 is 2.25 bits per heavy atom. The number of rotatable bonds is 6. The summed E-state index contributed by atoms with van der Waals surface area (Å²) in [4.78, 5) is 10.8. The van der Waals surface area contributed by atoms with Gasteiger partial charge < -0.3 is 14.6 Å². The molecule has 0 aliphatic carbocycles. The molecule has 0 aromatic carbocycles. The molecule has 1 rings (SSSR count). The quantitative estimate of drug-likeness (QED) is 0.585. The van der Waals surface area contributed by atoms with Gasteiger partial charge in [-0.3, -0.25) is 4.79 Å². The standard InChI is InChI=1S/C11H18N2O3/c1-8-10(9(2)16-13-8)7-12-6-4-5-11(14)15-3/h12H,4-7H2,1-3H3. The minimum Gasteiger partial charge on any atom is -0.469 e. The van der Waals surface area contributed by atoms with Crippen LogP contribution in [0.25, 0.3) is 0 Å². The maximum atomic E-state index is 10.8. The van der Waals surface area contributed by atoms with Gasteiger partial charge in [0.25, 0.3) is 0 Å². The molecule has 0 bridgehead atoms. The van der Waals surface area contributed by atoms with Crippen LogP contribution >= 0.6 is 0 Å². The molecule has 0 unspecified atom stereocenters. The molecule has 1 N–H and O–H groups in total. The molecule has 5 heteroatoms. The fourth-order valence-electron chi connectivity index (χ4n) is 1.43. The van der Waals surface area contributed by atoms with Crippen molar-refractivity contribution in [1.29, 1.82) is 0 Å². The van der Waals surface area contributed by atoms with Crippen molar-refractivity contribution in [3.05, 3.63) is 17.0 Å². The van der Waals surface area contributed by atoms with Gasteiger partial charge in [0.2, 0.25) is 0 Å². The van der Waals surface area contributed by atoms with E-state index in [2.05, 4.69) is 15.2 Å². The molecule has 1 heterocycles. The first-order chi connectivity index (χ1) is 7.65. The zero-order valence-corrected chi connectivity index (χ0v) is 10.0. The van der Waals surface area contributed by atoms with Crippen LogP contribution in [0.15, 0.2) is 4.52 Å². The highest BCUT2D eigenvalue weighted by Crippen LogP contribution is 2.11. The highest BCUT2D eigenvalue weighted by atomic mass is 16.5. The van der Waals surface area contributed by atoms with Gasteiger partial charge in [0.1, 0.15) is 5.76 Å². The smallest absolute Gasteiger partial charge is 0.305 e.